The molecule has 0 bridgehead atoms. The average molecular weight is 429 g/mol. The number of nitrogen functional groups attached to an aromatic ring is 1. The second-order valence-corrected chi connectivity index (χ2v) is 9.22. The van der Waals surface area contributed by atoms with Gasteiger partial charge in [-0.25, -0.2) is 0 Å². The molecule has 0 fully saturated rings. The topological polar surface area (TPSA) is 72.3 Å². The molecule has 0 spiro atoms. The fraction of sp³-hybridized carbons (Fsp3) is 0.346. The number of rotatable bonds is 5. The zero-order valence-corrected chi connectivity index (χ0v) is 19.8. The van der Waals surface area contributed by atoms with Crippen molar-refractivity contribution in [3.05, 3.63) is 64.5 Å². The molecular formula is C26H32N6. The number of hydrogen-bond donors (Lipinski definition) is 1. The summed E-state index contributed by atoms with van der Waals surface area (Å²) < 4.78 is 1.83. The third kappa shape index (κ3) is 3.81. The third-order valence-electron chi connectivity index (χ3n) is 5.93. The number of aryl methyl sites for hydroxylation is 1. The van der Waals surface area contributed by atoms with Crippen molar-refractivity contribution in [3.63, 3.8) is 0 Å². The van der Waals surface area contributed by atoms with Crippen molar-refractivity contribution in [2.24, 2.45) is 0 Å². The van der Waals surface area contributed by atoms with Crippen LogP contribution in [0.5, 0.6) is 0 Å². The number of nitrogens with zero attached hydrogens (tertiary/aromatic N) is 5. The fourth-order valence-electron chi connectivity index (χ4n) is 4.12. The average Bonchev–Trinajstić information content (AvgIpc) is 3.31. The number of nitrogens with two attached hydrogens (primary N) is 1. The van der Waals surface area contributed by atoms with Crippen LogP contribution >= 0.6 is 0 Å². The van der Waals surface area contributed by atoms with Gasteiger partial charge in [-0.3, -0.25) is 0 Å². The Kier molecular flexibility index (Phi) is 5.63. The fourth-order valence-corrected chi connectivity index (χ4v) is 4.12. The van der Waals surface area contributed by atoms with Crippen LogP contribution in [-0.4, -0.2) is 32.9 Å². The van der Waals surface area contributed by atoms with Crippen LogP contribution in [0.3, 0.4) is 0 Å². The summed E-state index contributed by atoms with van der Waals surface area (Å²) >= 11 is 0. The van der Waals surface area contributed by atoms with Gasteiger partial charge >= 0.3 is 0 Å². The number of benzene rings is 2. The number of para-hydroxylation sites is 1. The molecule has 0 amide bonds. The maximum atomic E-state index is 6.22. The van der Waals surface area contributed by atoms with Gasteiger partial charge in [0.2, 0.25) is 0 Å². The summed E-state index contributed by atoms with van der Waals surface area (Å²) in [7, 11) is 0. The maximum Gasteiger partial charge on any atom is 0.187 e. The standard InChI is InChI=1S/C26H32N6/c1-7-31(8-2)19-14-13-18(17(3)15-19)16-21-23(26(4,5)6)30-32-24(28-29-25(21)32)20-11-9-10-12-22(20)27/h9-16H,7-8,27H2,1-6H3/b21-16-. The van der Waals surface area contributed by atoms with Crippen molar-refractivity contribution in [1.82, 2.24) is 19.8 Å². The van der Waals surface area contributed by atoms with E-state index in [1.54, 1.807) is 0 Å². The van der Waals surface area contributed by atoms with Crippen molar-refractivity contribution >= 4 is 23.1 Å². The predicted molar refractivity (Wildman–Crippen MR) is 133 cm³/mol. The molecule has 6 heteroatoms. The SMILES string of the molecule is CCN(CC)c1ccc(/C=c2/c(C(C)(C)C)nn3c(-c4ccccc4N)nnc23)c(C)c1. The molecule has 2 heterocycles. The van der Waals surface area contributed by atoms with Gasteiger partial charge in [-0.05, 0) is 62.2 Å². The van der Waals surface area contributed by atoms with E-state index in [4.69, 9.17) is 10.8 Å². The minimum absolute atomic E-state index is 0.152. The monoisotopic (exact) mass is 428 g/mol. The van der Waals surface area contributed by atoms with Crippen LogP contribution < -0.4 is 15.9 Å². The summed E-state index contributed by atoms with van der Waals surface area (Å²) in [6, 6.07) is 14.3. The molecule has 2 aromatic carbocycles. The van der Waals surface area contributed by atoms with Crippen molar-refractivity contribution in [2.45, 2.75) is 47.0 Å². The first-order valence-corrected chi connectivity index (χ1v) is 11.2. The molecule has 0 unspecified atom stereocenters. The van der Waals surface area contributed by atoms with Gasteiger partial charge < -0.3 is 10.6 Å². The largest absolute Gasteiger partial charge is 0.398 e. The quantitative estimate of drug-likeness (QED) is 0.478. The number of hydrogen-bond acceptors (Lipinski definition) is 5. The summed E-state index contributed by atoms with van der Waals surface area (Å²) in [5, 5.41) is 14.9. The van der Waals surface area contributed by atoms with Gasteiger partial charge in [0.1, 0.15) is 0 Å². The van der Waals surface area contributed by atoms with Crippen LogP contribution in [-0.2, 0) is 5.41 Å². The summed E-state index contributed by atoms with van der Waals surface area (Å²) in [5.74, 6) is 0.664. The zero-order chi connectivity index (χ0) is 23.0. The molecule has 0 aliphatic heterocycles. The number of anilines is 2. The molecule has 0 saturated heterocycles. The highest BCUT2D eigenvalue weighted by molar-refractivity contribution is 5.73. The Bertz CT molecular complexity index is 1310. The first-order chi connectivity index (χ1) is 15.2. The first kappa shape index (κ1) is 21.8. The molecule has 0 aliphatic rings. The predicted octanol–water partition coefficient (Wildman–Crippen LogP) is 4.37. The van der Waals surface area contributed by atoms with E-state index in [0.29, 0.717) is 11.5 Å². The van der Waals surface area contributed by atoms with Crippen molar-refractivity contribution < 1.29 is 0 Å². The van der Waals surface area contributed by atoms with Gasteiger partial charge in [-0.15, -0.1) is 10.2 Å². The van der Waals surface area contributed by atoms with Gasteiger partial charge in [0.15, 0.2) is 11.5 Å². The maximum absolute atomic E-state index is 6.22. The van der Waals surface area contributed by atoms with Crippen molar-refractivity contribution in [3.8, 4) is 11.4 Å². The van der Waals surface area contributed by atoms with Gasteiger partial charge in [-0.1, -0.05) is 39.0 Å². The Morgan fingerprint density at radius 2 is 1.75 bits per heavy atom. The molecule has 0 aliphatic carbocycles. The Balaban J connectivity index is 1.92. The highest BCUT2D eigenvalue weighted by atomic mass is 15.4. The lowest BCUT2D eigenvalue weighted by Gasteiger charge is -2.22. The second kappa shape index (κ2) is 8.26. The molecule has 6 nitrogen and oxygen atoms in total. The van der Waals surface area contributed by atoms with E-state index in [-0.39, 0.29) is 5.41 Å². The summed E-state index contributed by atoms with van der Waals surface area (Å²) in [4.78, 5) is 2.36. The van der Waals surface area contributed by atoms with E-state index in [1.807, 2.05) is 28.8 Å². The van der Waals surface area contributed by atoms with Gasteiger partial charge in [-0.2, -0.15) is 9.61 Å². The van der Waals surface area contributed by atoms with Crippen LogP contribution in [0, 0.1) is 6.92 Å². The van der Waals surface area contributed by atoms with E-state index in [2.05, 4.69) is 80.9 Å². The van der Waals surface area contributed by atoms with E-state index < -0.39 is 0 Å². The summed E-state index contributed by atoms with van der Waals surface area (Å²) in [6.45, 7) is 15.0. The Hall–Kier alpha value is -3.41. The molecule has 0 radical (unpaired) electrons. The van der Waals surface area contributed by atoms with Crippen LogP contribution in [0.25, 0.3) is 23.1 Å². The van der Waals surface area contributed by atoms with Crippen LogP contribution in [0.15, 0.2) is 42.5 Å². The van der Waals surface area contributed by atoms with E-state index >= 15 is 0 Å². The summed E-state index contributed by atoms with van der Waals surface area (Å²) in [6.07, 6.45) is 2.19. The normalized spacial score (nSPS) is 12.6. The van der Waals surface area contributed by atoms with Gasteiger partial charge in [0, 0.05) is 40.7 Å². The summed E-state index contributed by atoms with van der Waals surface area (Å²) in [5.41, 5.74) is 12.9. The highest BCUT2D eigenvalue weighted by Crippen LogP contribution is 2.26. The Morgan fingerprint density at radius 1 is 1.03 bits per heavy atom. The lowest BCUT2D eigenvalue weighted by atomic mass is 9.90. The zero-order valence-electron chi connectivity index (χ0n) is 19.8. The Labute approximate surface area is 189 Å². The first-order valence-electron chi connectivity index (χ1n) is 11.2. The minimum atomic E-state index is -0.152. The molecule has 4 rings (SSSR count). The third-order valence-corrected chi connectivity index (χ3v) is 5.93. The smallest absolute Gasteiger partial charge is 0.187 e. The molecule has 2 N–H and O–H groups in total. The lowest BCUT2D eigenvalue weighted by molar-refractivity contribution is 0.559. The van der Waals surface area contributed by atoms with E-state index in [0.717, 1.165) is 40.8 Å². The molecule has 166 valence electrons. The molecule has 0 atom stereocenters. The Morgan fingerprint density at radius 3 is 2.38 bits per heavy atom. The lowest BCUT2D eigenvalue weighted by Crippen LogP contribution is -2.22. The van der Waals surface area contributed by atoms with Crippen LogP contribution in [0.4, 0.5) is 11.4 Å². The van der Waals surface area contributed by atoms with Crippen molar-refractivity contribution in [1.29, 1.82) is 0 Å². The van der Waals surface area contributed by atoms with E-state index in [9.17, 15) is 0 Å². The van der Waals surface area contributed by atoms with Crippen LogP contribution in [0.2, 0.25) is 0 Å². The molecule has 2 aromatic heterocycles. The van der Waals surface area contributed by atoms with Crippen LogP contribution in [0.1, 0.15) is 51.4 Å². The number of aromatic nitrogens is 4. The van der Waals surface area contributed by atoms with Gasteiger partial charge in [0.05, 0.1) is 5.69 Å². The highest BCUT2D eigenvalue weighted by Gasteiger charge is 2.24. The molecule has 32 heavy (non-hydrogen) atoms. The second-order valence-electron chi connectivity index (χ2n) is 9.22. The molecular weight excluding hydrogens is 396 g/mol. The minimum Gasteiger partial charge on any atom is -0.398 e. The number of fused-ring (bicyclic) bond motifs is 1. The van der Waals surface area contributed by atoms with Gasteiger partial charge in [0.25, 0.3) is 0 Å². The van der Waals surface area contributed by atoms with E-state index in [1.165, 1.54) is 11.3 Å². The van der Waals surface area contributed by atoms with Crippen molar-refractivity contribution in [2.75, 3.05) is 23.7 Å². The molecule has 0 saturated carbocycles. The molecule has 4 aromatic rings.